The highest BCUT2D eigenvalue weighted by Crippen LogP contribution is 2.29. The highest BCUT2D eigenvalue weighted by Gasteiger charge is 2.35. The molecule has 0 fully saturated rings. The zero-order valence-electron chi connectivity index (χ0n) is 16.8. The van der Waals surface area contributed by atoms with Crippen LogP contribution in [0.25, 0.3) is 10.6 Å². The molecule has 0 saturated carbocycles. The Kier molecular flexibility index (Phi) is 6.10. The number of hydrogen-bond acceptors (Lipinski definition) is 7. The van der Waals surface area contributed by atoms with Crippen molar-refractivity contribution >= 4 is 29.3 Å². The van der Waals surface area contributed by atoms with E-state index in [4.69, 9.17) is 9.47 Å². The van der Waals surface area contributed by atoms with Crippen LogP contribution in [-0.2, 0) is 9.47 Å². The lowest BCUT2D eigenvalue weighted by atomic mass is 10.2. The average Bonchev–Trinajstić information content (AvgIpc) is 3.05. The summed E-state index contributed by atoms with van der Waals surface area (Å²) in [4.78, 5) is 31.5. The fourth-order valence-corrected chi connectivity index (χ4v) is 2.83. The molecular formula is C20H23N3O4S. The number of imide groups is 1. The fourth-order valence-electron chi connectivity index (χ4n) is 2.13. The minimum atomic E-state index is -0.964. The first-order valence-electron chi connectivity index (χ1n) is 8.62. The second-order valence-electron chi connectivity index (χ2n) is 7.95. The van der Waals surface area contributed by atoms with Gasteiger partial charge in [-0.1, -0.05) is 6.07 Å². The van der Waals surface area contributed by atoms with Gasteiger partial charge in [-0.2, -0.15) is 10.2 Å². The van der Waals surface area contributed by atoms with E-state index in [-0.39, 0.29) is 11.4 Å². The summed E-state index contributed by atoms with van der Waals surface area (Å²) in [7, 11) is 0. The molecule has 0 bridgehead atoms. The molecule has 0 aromatic carbocycles. The third-order valence-electron chi connectivity index (χ3n) is 3.13. The van der Waals surface area contributed by atoms with Gasteiger partial charge in [0.1, 0.15) is 17.3 Å². The van der Waals surface area contributed by atoms with E-state index in [9.17, 15) is 14.9 Å². The van der Waals surface area contributed by atoms with E-state index in [1.165, 1.54) is 17.4 Å². The highest BCUT2D eigenvalue weighted by molar-refractivity contribution is 7.13. The zero-order valence-corrected chi connectivity index (χ0v) is 17.6. The normalized spacial score (nSPS) is 11.5. The van der Waals surface area contributed by atoms with Gasteiger partial charge in [-0.25, -0.2) is 14.6 Å². The molecule has 0 radical (unpaired) electrons. The SMILES string of the molecule is CC(C)(C)OC(=O)N(C(=O)OC(C)(C)C)c1nc(-c2cccs2)ccc1C#N. The van der Waals surface area contributed by atoms with Gasteiger partial charge in [0.15, 0.2) is 5.82 Å². The lowest BCUT2D eigenvalue weighted by Crippen LogP contribution is -2.44. The first-order chi connectivity index (χ1) is 12.9. The maximum Gasteiger partial charge on any atom is 0.425 e. The van der Waals surface area contributed by atoms with Crippen LogP contribution in [0.1, 0.15) is 47.1 Å². The van der Waals surface area contributed by atoms with Crippen molar-refractivity contribution in [3.05, 3.63) is 35.2 Å². The second-order valence-corrected chi connectivity index (χ2v) is 8.90. The van der Waals surface area contributed by atoms with Crippen molar-refractivity contribution in [3.63, 3.8) is 0 Å². The summed E-state index contributed by atoms with van der Waals surface area (Å²) in [6.07, 6.45) is -1.93. The molecule has 2 amide bonds. The minimum Gasteiger partial charge on any atom is -0.443 e. The van der Waals surface area contributed by atoms with Gasteiger partial charge in [0, 0.05) is 0 Å². The predicted octanol–water partition coefficient (Wildman–Crippen LogP) is 5.36. The Morgan fingerprint density at radius 2 is 1.61 bits per heavy atom. The maximum atomic E-state index is 12.8. The topological polar surface area (TPSA) is 92.5 Å². The molecule has 28 heavy (non-hydrogen) atoms. The molecule has 8 heteroatoms. The Labute approximate surface area is 168 Å². The van der Waals surface area contributed by atoms with E-state index in [2.05, 4.69) is 4.98 Å². The van der Waals surface area contributed by atoms with Crippen LogP contribution >= 0.6 is 11.3 Å². The Morgan fingerprint density at radius 3 is 2.04 bits per heavy atom. The molecule has 7 nitrogen and oxygen atoms in total. The molecular weight excluding hydrogens is 378 g/mol. The molecule has 0 N–H and O–H groups in total. The second kappa shape index (κ2) is 7.98. The standard InChI is InChI=1S/C20H23N3O4S/c1-19(2,3)26-17(24)23(18(25)27-20(4,5)6)16-13(12-21)9-10-14(22-16)15-8-7-11-28-15/h7-11H,1-6H3. The average molecular weight is 401 g/mol. The van der Waals surface area contributed by atoms with Crippen LogP contribution in [0.4, 0.5) is 15.4 Å². The summed E-state index contributed by atoms with van der Waals surface area (Å²) in [5.74, 6) is -0.128. The number of carbonyl (C=O) groups excluding carboxylic acids is 2. The number of ether oxygens (including phenoxy) is 2. The predicted molar refractivity (Wildman–Crippen MR) is 107 cm³/mol. The Balaban J connectivity index is 2.58. The lowest BCUT2D eigenvalue weighted by Gasteiger charge is -2.28. The number of rotatable bonds is 2. The van der Waals surface area contributed by atoms with Crippen LogP contribution in [0.2, 0.25) is 0 Å². The van der Waals surface area contributed by atoms with E-state index < -0.39 is 23.4 Å². The number of aromatic nitrogens is 1. The number of anilines is 1. The van der Waals surface area contributed by atoms with Crippen LogP contribution in [0.3, 0.4) is 0 Å². The number of nitrogens with zero attached hydrogens (tertiary/aromatic N) is 3. The summed E-state index contributed by atoms with van der Waals surface area (Å²) < 4.78 is 10.7. The van der Waals surface area contributed by atoms with Crippen molar-refractivity contribution in [1.29, 1.82) is 5.26 Å². The van der Waals surface area contributed by atoms with Gasteiger partial charge < -0.3 is 9.47 Å². The van der Waals surface area contributed by atoms with Crippen LogP contribution < -0.4 is 4.90 Å². The number of pyridine rings is 1. The number of amides is 2. The van der Waals surface area contributed by atoms with Gasteiger partial charge >= 0.3 is 12.2 Å². The van der Waals surface area contributed by atoms with E-state index in [0.717, 1.165) is 4.88 Å². The molecule has 0 spiro atoms. The Hall–Kier alpha value is -2.92. The van der Waals surface area contributed by atoms with Gasteiger partial charge in [-0.3, -0.25) is 0 Å². The summed E-state index contributed by atoms with van der Waals surface area (Å²) in [5.41, 5.74) is -1.12. The van der Waals surface area contributed by atoms with Gasteiger partial charge in [-0.15, -0.1) is 11.3 Å². The molecule has 0 unspecified atom stereocenters. The molecule has 2 rings (SSSR count). The number of carbonyl (C=O) groups is 2. The molecule has 2 aromatic heterocycles. The van der Waals surface area contributed by atoms with Crippen molar-refractivity contribution in [2.45, 2.75) is 52.7 Å². The van der Waals surface area contributed by atoms with Crippen molar-refractivity contribution < 1.29 is 19.1 Å². The largest absolute Gasteiger partial charge is 0.443 e. The minimum absolute atomic E-state index is 0.0528. The molecule has 148 valence electrons. The van der Waals surface area contributed by atoms with Crippen molar-refractivity contribution in [2.24, 2.45) is 0 Å². The lowest BCUT2D eigenvalue weighted by molar-refractivity contribution is 0.0429. The third-order valence-corrected chi connectivity index (χ3v) is 4.03. The smallest absolute Gasteiger partial charge is 0.425 e. The highest BCUT2D eigenvalue weighted by atomic mass is 32.1. The molecule has 0 saturated heterocycles. The zero-order chi connectivity index (χ0) is 21.1. The van der Waals surface area contributed by atoms with Crippen molar-refractivity contribution in [3.8, 4) is 16.6 Å². The van der Waals surface area contributed by atoms with E-state index in [0.29, 0.717) is 10.6 Å². The summed E-state index contributed by atoms with van der Waals surface area (Å²) in [6.45, 7) is 10.1. The summed E-state index contributed by atoms with van der Waals surface area (Å²) in [5, 5.41) is 11.4. The van der Waals surface area contributed by atoms with Crippen LogP contribution in [0, 0.1) is 11.3 Å². The van der Waals surface area contributed by atoms with E-state index in [1.807, 2.05) is 23.6 Å². The first kappa shape index (κ1) is 21.4. The molecule has 2 heterocycles. The van der Waals surface area contributed by atoms with Gasteiger partial charge in [0.25, 0.3) is 0 Å². The van der Waals surface area contributed by atoms with Gasteiger partial charge in [0.2, 0.25) is 0 Å². The van der Waals surface area contributed by atoms with Crippen LogP contribution in [0.5, 0.6) is 0 Å². The molecule has 2 aromatic rings. The van der Waals surface area contributed by atoms with Gasteiger partial charge in [-0.05, 0) is 65.1 Å². The number of thiophene rings is 1. The van der Waals surface area contributed by atoms with Crippen LogP contribution in [-0.4, -0.2) is 28.4 Å². The Bertz CT molecular complexity index is 875. The number of hydrogen-bond donors (Lipinski definition) is 0. The van der Waals surface area contributed by atoms with Crippen molar-refractivity contribution in [2.75, 3.05) is 4.90 Å². The van der Waals surface area contributed by atoms with E-state index >= 15 is 0 Å². The monoisotopic (exact) mass is 401 g/mol. The molecule has 0 atom stereocenters. The van der Waals surface area contributed by atoms with Crippen molar-refractivity contribution in [1.82, 2.24) is 4.98 Å². The fraction of sp³-hybridized carbons (Fsp3) is 0.400. The molecule has 0 aliphatic carbocycles. The van der Waals surface area contributed by atoms with Crippen LogP contribution in [0.15, 0.2) is 29.6 Å². The molecule has 0 aliphatic heterocycles. The Morgan fingerprint density at radius 1 is 1.04 bits per heavy atom. The summed E-state index contributed by atoms with van der Waals surface area (Å²) in [6, 6.07) is 8.86. The quantitative estimate of drug-likeness (QED) is 0.673. The van der Waals surface area contributed by atoms with E-state index in [1.54, 1.807) is 47.6 Å². The summed E-state index contributed by atoms with van der Waals surface area (Å²) >= 11 is 1.45. The third kappa shape index (κ3) is 5.54. The first-order valence-corrected chi connectivity index (χ1v) is 9.50. The number of nitriles is 1. The molecule has 0 aliphatic rings. The maximum absolute atomic E-state index is 12.8. The van der Waals surface area contributed by atoms with Gasteiger partial charge in [0.05, 0.1) is 16.1 Å².